The first-order valence-corrected chi connectivity index (χ1v) is 9.20. The molecule has 0 saturated heterocycles. The second-order valence-electron chi connectivity index (χ2n) is 5.61. The van der Waals surface area contributed by atoms with Gasteiger partial charge >= 0.3 is 0 Å². The van der Waals surface area contributed by atoms with Gasteiger partial charge in [0.15, 0.2) is 0 Å². The van der Waals surface area contributed by atoms with Crippen molar-refractivity contribution in [2.75, 3.05) is 11.6 Å². The van der Waals surface area contributed by atoms with Crippen LogP contribution in [0.2, 0.25) is 0 Å². The lowest BCUT2D eigenvalue weighted by Gasteiger charge is -2.05. The maximum atomic E-state index is 12.1. The Kier molecular flexibility index (Phi) is 5.50. The van der Waals surface area contributed by atoms with Crippen molar-refractivity contribution in [1.82, 2.24) is 10.1 Å². The van der Waals surface area contributed by atoms with Gasteiger partial charge in [-0.2, -0.15) is 4.98 Å². The zero-order chi connectivity index (χ0) is 17.6. The minimum Gasteiger partial charge on any atom is -0.339 e. The molecule has 0 unspecified atom stereocenters. The minimum atomic E-state index is -0.0751. The summed E-state index contributed by atoms with van der Waals surface area (Å²) in [7, 11) is 0. The molecule has 25 heavy (non-hydrogen) atoms. The predicted octanol–water partition coefficient (Wildman–Crippen LogP) is 4.34. The molecule has 0 bridgehead atoms. The molecule has 0 aliphatic carbocycles. The molecule has 2 aromatic carbocycles. The van der Waals surface area contributed by atoms with Gasteiger partial charge < -0.3 is 9.84 Å². The monoisotopic (exact) mass is 353 g/mol. The molecule has 0 spiro atoms. The largest absolute Gasteiger partial charge is 0.339 e. The number of nitrogens with one attached hydrogen (secondary N) is 1. The average molecular weight is 353 g/mol. The Hall–Kier alpha value is -2.60. The van der Waals surface area contributed by atoms with Crippen LogP contribution in [0.3, 0.4) is 0 Å². The molecule has 128 valence electrons. The quantitative estimate of drug-likeness (QED) is 0.668. The summed E-state index contributed by atoms with van der Waals surface area (Å²) in [6.45, 7) is 2.00. The molecule has 3 aromatic rings. The van der Waals surface area contributed by atoms with Crippen molar-refractivity contribution < 1.29 is 9.32 Å². The number of rotatable bonds is 6. The third-order valence-electron chi connectivity index (χ3n) is 3.77. The molecule has 0 saturated carbocycles. The summed E-state index contributed by atoms with van der Waals surface area (Å²) in [5.41, 5.74) is 2.82. The summed E-state index contributed by atoms with van der Waals surface area (Å²) >= 11 is 1.64. The molecule has 0 atom stereocenters. The van der Waals surface area contributed by atoms with Crippen molar-refractivity contribution >= 4 is 23.4 Å². The summed E-state index contributed by atoms with van der Waals surface area (Å²) in [6.07, 6.45) is 2.70. The number of carbonyl (C=O) groups excluding carboxylic acids is 1. The molecular weight excluding hydrogens is 334 g/mol. The Morgan fingerprint density at radius 1 is 1.20 bits per heavy atom. The number of amides is 1. The summed E-state index contributed by atoms with van der Waals surface area (Å²) in [5.74, 6) is 0.946. The second-order valence-corrected chi connectivity index (χ2v) is 6.49. The normalized spacial score (nSPS) is 10.6. The van der Waals surface area contributed by atoms with Crippen molar-refractivity contribution in [2.45, 2.75) is 24.7 Å². The minimum absolute atomic E-state index is 0.0751. The molecule has 0 fully saturated rings. The highest BCUT2D eigenvalue weighted by atomic mass is 32.2. The molecule has 1 heterocycles. The fraction of sp³-hybridized carbons (Fsp3) is 0.211. The summed E-state index contributed by atoms with van der Waals surface area (Å²) < 4.78 is 5.27. The molecule has 1 aromatic heterocycles. The number of anilines is 1. The summed E-state index contributed by atoms with van der Waals surface area (Å²) in [6, 6.07) is 15.6. The van der Waals surface area contributed by atoms with Crippen LogP contribution in [0.4, 0.5) is 5.69 Å². The van der Waals surface area contributed by atoms with Gasteiger partial charge in [0.25, 0.3) is 0 Å². The van der Waals surface area contributed by atoms with Crippen LogP contribution in [0.25, 0.3) is 11.4 Å². The van der Waals surface area contributed by atoms with E-state index < -0.39 is 0 Å². The molecule has 0 aliphatic rings. The SMILES string of the molecule is CSc1cccc(NC(=O)CCc2nc(-c3ccccc3C)no2)c1. The number of carbonyl (C=O) groups is 1. The van der Waals surface area contributed by atoms with Gasteiger partial charge in [0, 0.05) is 29.0 Å². The van der Waals surface area contributed by atoms with E-state index in [1.54, 1.807) is 11.8 Å². The van der Waals surface area contributed by atoms with E-state index in [9.17, 15) is 4.79 Å². The first-order chi connectivity index (χ1) is 12.2. The molecule has 1 N–H and O–H groups in total. The van der Waals surface area contributed by atoms with Crippen molar-refractivity contribution in [2.24, 2.45) is 0 Å². The van der Waals surface area contributed by atoms with Gasteiger partial charge in [-0.25, -0.2) is 0 Å². The molecule has 0 radical (unpaired) electrons. The summed E-state index contributed by atoms with van der Waals surface area (Å²) in [4.78, 5) is 17.6. The lowest BCUT2D eigenvalue weighted by Crippen LogP contribution is -2.12. The topological polar surface area (TPSA) is 68.0 Å². The lowest BCUT2D eigenvalue weighted by atomic mass is 10.1. The Morgan fingerprint density at radius 2 is 2.04 bits per heavy atom. The Morgan fingerprint density at radius 3 is 2.84 bits per heavy atom. The molecule has 1 amide bonds. The van der Waals surface area contributed by atoms with E-state index >= 15 is 0 Å². The maximum Gasteiger partial charge on any atom is 0.227 e. The zero-order valence-corrected chi connectivity index (χ0v) is 15.0. The second kappa shape index (κ2) is 7.98. The van der Waals surface area contributed by atoms with Crippen LogP contribution in [0.1, 0.15) is 17.9 Å². The van der Waals surface area contributed by atoms with Crippen LogP contribution in [0, 0.1) is 6.92 Å². The molecule has 6 heteroatoms. The van der Waals surface area contributed by atoms with Gasteiger partial charge in [-0.1, -0.05) is 35.5 Å². The van der Waals surface area contributed by atoms with Crippen LogP contribution in [-0.4, -0.2) is 22.3 Å². The average Bonchev–Trinajstić information content (AvgIpc) is 3.09. The Labute approximate surface area is 150 Å². The zero-order valence-electron chi connectivity index (χ0n) is 14.2. The van der Waals surface area contributed by atoms with Crippen LogP contribution >= 0.6 is 11.8 Å². The number of thioether (sulfide) groups is 1. The Bertz CT molecular complexity index is 876. The third kappa shape index (κ3) is 4.48. The van der Waals surface area contributed by atoms with Crippen LogP contribution in [0.15, 0.2) is 57.9 Å². The third-order valence-corrected chi connectivity index (χ3v) is 4.50. The number of aryl methyl sites for hydroxylation is 2. The summed E-state index contributed by atoms with van der Waals surface area (Å²) in [5, 5.41) is 6.90. The first-order valence-electron chi connectivity index (χ1n) is 7.98. The van der Waals surface area contributed by atoms with Crippen molar-refractivity contribution in [1.29, 1.82) is 0 Å². The van der Waals surface area contributed by atoms with Gasteiger partial charge in [-0.3, -0.25) is 4.79 Å². The van der Waals surface area contributed by atoms with Crippen LogP contribution in [-0.2, 0) is 11.2 Å². The van der Waals surface area contributed by atoms with E-state index in [1.165, 1.54) is 0 Å². The number of aromatic nitrogens is 2. The van der Waals surface area contributed by atoms with Crippen molar-refractivity contribution in [3.05, 3.63) is 60.0 Å². The smallest absolute Gasteiger partial charge is 0.227 e. The highest BCUT2D eigenvalue weighted by Crippen LogP contribution is 2.21. The van der Waals surface area contributed by atoms with E-state index in [0.717, 1.165) is 21.7 Å². The van der Waals surface area contributed by atoms with E-state index in [-0.39, 0.29) is 5.91 Å². The van der Waals surface area contributed by atoms with Crippen LogP contribution < -0.4 is 5.32 Å². The lowest BCUT2D eigenvalue weighted by molar-refractivity contribution is -0.116. The number of hydrogen-bond donors (Lipinski definition) is 1. The van der Waals surface area contributed by atoms with Gasteiger partial charge in [-0.15, -0.1) is 11.8 Å². The van der Waals surface area contributed by atoms with Crippen LogP contribution in [0.5, 0.6) is 0 Å². The van der Waals surface area contributed by atoms with E-state index in [2.05, 4.69) is 15.5 Å². The highest BCUT2D eigenvalue weighted by Gasteiger charge is 2.12. The first kappa shape index (κ1) is 17.2. The van der Waals surface area contributed by atoms with Gasteiger partial charge in [0.2, 0.25) is 17.6 Å². The Balaban J connectivity index is 1.58. The van der Waals surface area contributed by atoms with Gasteiger partial charge in [0.05, 0.1) is 0 Å². The van der Waals surface area contributed by atoms with Crippen molar-refractivity contribution in [3.63, 3.8) is 0 Å². The van der Waals surface area contributed by atoms with E-state index in [4.69, 9.17) is 4.52 Å². The molecule has 5 nitrogen and oxygen atoms in total. The molecule has 3 rings (SSSR count). The van der Waals surface area contributed by atoms with Crippen molar-refractivity contribution in [3.8, 4) is 11.4 Å². The molecular formula is C19H19N3O2S. The van der Waals surface area contributed by atoms with E-state index in [1.807, 2.05) is 61.7 Å². The number of benzene rings is 2. The maximum absolute atomic E-state index is 12.1. The number of nitrogens with zero attached hydrogens (tertiary/aromatic N) is 2. The standard InChI is InChI=1S/C19H19N3O2S/c1-13-6-3-4-9-16(13)19-21-18(24-22-19)11-10-17(23)20-14-7-5-8-15(12-14)25-2/h3-9,12H,10-11H2,1-2H3,(H,20,23). The predicted molar refractivity (Wildman–Crippen MR) is 99.6 cm³/mol. The molecule has 0 aliphatic heterocycles. The fourth-order valence-corrected chi connectivity index (χ4v) is 2.89. The number of hydrogen-bond acceptors (Lipinski definition) is 5. The van der Waals surface area contributed by atoms with E-state index in [0.29, 0.717) is 24.6 Å². The van der Waals surface area contributed by atoms with Gasteiger partial charge in [0.1, 0.15) is 0 Å². The fourth-order valence-electron chi connectivity index (χ4n) is 2.43. The highest BCUT2D eigenvalue weighted by molar-refractivity contribution is 7.98. The van der Waals surface area contributed by atoms with Gasteiger partial charge in [-0.05, 0) is 36.9 Å².